The third-order valence-electron chi connectivity index (χ3n) is 9.73. The highest BCUT2D eigenvalue weighted by molar-refractivity contribution is 6.09. The fraction of sp³-hybridized carbons (Fsp3) is 0.136. The highest BCUT2D eigenvalue weighted by Gasteiger charge is 2.28. The van der Waals surface area contributed by atoms with Gasteiger partial charge in [-0.15, -0.1) is 0 Å². The first-order chi connectivity index (χ1) is 26.7. The van der Waals surface area contributed by atoms with Gasteiger partial charge in [0.2, 0.25) is 17.7 Å². The first kappa shape index (κ1) is 31.8. The predicted molar refractivity (Wildman–Crippen MR) is 207 cm³/mol. The van der Waals surface area contributed by atoms with Crippen molar-refractivity contribution in [1.29, 1.82) is 0 Å². The molecular formula is C44H34N6O4. The normalized spacial score (nSPS) is 13.4. The fourth-order valence-corrected chi connectivity index (χ4v) is 7.41. The topological polar surface area (TPSA) is 96.6 Å². The quantitative estimate of drug-likeness (QED) is 0.145. The molecular weight excluding hydrogens is 677 g/mol. The molecule has 0 atom stereocenters. The van der Waals surface area contributed by atoms with Crippen LogP contribution in [0.15, 0.2) is 134 Å². The van der Waals surface area contributed by atoms with Gasteiger partial charge in [-0.2, -0.15) is 0 Å². The lowest BCUT2D eigenvalue weighted by Gasteiger charge is -2.35. The molecule has 4 aromatic carbocycles. The molecule has 0 saturated carbocycles. The molecule has 0 aliphatic carbocycles. The molecule has 0 fully saturated rings. The average Bonchev–Trinajstić information content (AvgIpc) is 3.52. The smallest absolute Gasteiger partial charge is 0.235 e. The SMILES string of the molecule is c1ccc(Oc2cccc(Oc3ccc4c5ccc(Oc6cccc(Oc7ccccn7)c6)cc5n(-c5nc6c7c(n5)CCCN7CCC6)c4c3)c2)nc1. The van der Waals surface area contributed by atoms with E-state index in [0.29, 0.717) is 52.2 Å². The van der Waals surface area contributed by atoms with Crippen LogP contribution in [0.4, 0.5) is 5.69 Å². The van der Waals surface area contributed by atoms with Crippen molar-refractivity contribution in [2.75, 3.05) is 18.0 Å². The second-order valence-corrected chi connectivity index (χ2v) is 13.3. The Hall–Kier alpha value is -6.94. The molecule has 0 spiro atoms. The largest absolute Gasteiger partial charge is 0.457 e. The highest BCUT2D eigenvalue weighted by Crippen LogP contribution is 2.40. The Morgan fingerprint density at radius 1 is 0.463 bits per heavy atom. The summed E-state index contributed by atoms with van der Waals surface area (Å²) in [5.74, 6) is 5.58. The molecule has 6 heterocycles. The summed E-state index contributed by atoms with van der Waals surface area (Å²) in [5.41, 5.74) is 5.32. The number of hydrogen-bond acceptors (Lipinski definition) is 9. The van der Waals surface area contributed by atoms with E-state index in [1.807, 2.05) is 97.1 Å². The Morgan fingerprint density at radius 3 is 1.43 bits per heavy atom. The summed E-state index contributed by atoms with van der Waals surface area (Å²) in [7, 11) is 0. The number of pyridine rings is 2. The number of fused-ring (bicyclic) bond motifs is 3. The molecule has 10 nitrogen and oxygen atoms in total. The van der Waals surface area contributed by atoms with Gasteiger partial charge < -0.3 is 23.8 Å². The Morgan fingerprint density at radius 2 is 0.944 bits per heavy atom. The van der Waals surface area contributed by atoms with Gasteiger partial charge in [0, 0.05) is 72.7 Å². The second kappa shape index (κ2) is 13.6. The van der Waals surface area contributed by atoms with Crippen LogP contribution in [-0.2, 0) is 12.8 Å². The van der Waals surface area contributed by atoms with E-state index in [1.165, 1.54) is 5.69 Å². The minimum Gasteiger partial charge on any atom is -0.457 e. The average molecular weight is 711 g/mol. The van der Waals surface area contributed by atoms with Gasteiger partial charge in [-0.05, 0) is 86.3 Å². The summed E-state index contributed by atoms with van der Waals surface area (Å²) in [6.07, 6.45) is 7.43. The molecule has 0 amide bonds. The first-order valence-electron chi connectivity index (χ1n) is 18.2. The third-order valence-corrected chi connectivity index (χ3v) is 9.73. The maximum absolute atomic E-state index is 6.46. The van der Waals surface area contributed by atoms with Crippen molar-refractivity contribution in [2.24, 2.45) is 0 Å². The van der Waals surface area contributed by atoms with Gasteiger partial charge >= 0.3 is 0 Å². The Labute approximate surface area is 311 Å². The van der Waals surface area contributed by atoms with Gasteiger partial charge in [0.15, 0.2) is 0 Å². The number of aromatic nitrogens is 5. The maximum Gasteiger partial charge on any atom is 0.235 e. The van der Waals surface area contributed by atoms with Crippen molar-refractivity contribution >= 4 is 27.5 Å². The van der Waals surface area contributed by atoms with Crippen LogP contribution in [0.2, 0.25) is 0 Å². The van der Waals surface area contributed by atoms with Crippen molar-refractivity contribution in [2.45, 2.75) is 25.7 Å². The van der Waals surface area contributed by atoms with E-state index in [0.717, 1.165) is 72.0 Å². The molecule has 8 aromatic rings. The van der Waals surface area contributed by atoms with Gasteiger partial charge in [-0.3, -0.25) is 4.57 Å². The van der Waals surface area contributed by atoms with Crippen LogP contribution < -0.4 is 23.8 Å². The fourth-order valence-electron chi connectivity index (χ4n) is 7.41. The van der Waals surface area contributed by atoms with E-state index < -0.39 is 0 Å². The molecule has 2 aliphatic heterocycles. The number of nitrogens with zero attached hydrogens (tertiary/aromatic N) is 6. The molecule has 0 bridgehead atoms. The van der Waals surface area contributed by atoms with Crippen molar-refractivity contribution in [3.8, 4) is 52.2 Å². The van der Waals surface area contributed by atoms with E-state index in [1.54, 1.807) is 12.4 Å². The van der Waals surface area contributed by atoms with Crippen LogP contribution in [0.25, 0.3) is 27.8 Å². The van der Waals surface area contributed by atoms with Crippen LogP contribution in [0, 0.1) is 0 Å². The van der Waals surface area contributed by atoms with E-state index >= 15 is 0 Å². The molecule has 4 aromatic heterocycles. The van der Waals surface area contributed by atoms with Crippen LogP contribution in [-0.4, -0.2) is 37.6 Å². The van der Waals surface area contributed by atoms with Gasteiger partial charge in [0.1, 0.15) is 34.5 Å². The summed E-state index contributed by atoms with van der Waals surface area (Å²) >= 11 is 0. The summed E-state index contributed by atoms with van der Waals surface area (Å²) in [6, 6.07) is 38.5. The zero-order valence-corrected chi connectivity index (χ0v) is 29.3. The molecule has 0 N–H and O–H groups in total. The number of rotatable bonds is 9. The standard InChI is InChI=1S/C44H34N6O4/c1-3-21-45-41(15-1)53-31-11-5-9-29(25-31)51-33-17-19-35-36-20-18-34(52-30-10-6-12-32(26-30)54-42-16-2-4-22-46-42)28-40(36)50(39(35)27-33)44-47-37-13-7-23-49-24-8-14-38(48-44)43(37)49/h1-6,9-12,15-22,25-28H,7-8,13-14,23-24H2. The second-order valence-electron chi connectivity index (χ2n) is 13.3. The summed E-state index contributed by atoms with van der Waals surface area (Å²) in [6.45, 7) is 2.11. The molecule has 2 aliphatic rings. The van der Waals surface area contributed by atoms with Crippen molar-refractivity contribution in [1.82, 2.24) is 24.5 Å². The minimum atomic E-state index is 0.515. The first-order valence-corrected chi connectivity index (χ1v) is 18.2. The van der Waals surface area contributed by atoms with Crippen molar-refractivity contribution in [3.63, 3.8) is 0 Å². The number of anilines is 1. The van der Waals surface area contributed by atoms with Gasteiger partial charge in [-0.1, -0.05) is 24.3 Å². The van der Waals surface area contributed by atoms with Crippen molar-refractivity contribution < 1.29 is 18.9 Å². The molecule has 54 heavy (non-hydrogen) atoms. The molecule has 264 valence electrons. The number of aryl methyl sites for hydroxylation is 2. The monoisotopic (exact) mass is 710 g/mol. The summed E-state index contributed by atoms with van der Waals surface area (Å²) in [4.78, 5) is 21.5. The Balaban J connectivity index is 1.05. The summed E-state index contributed by atoms with van der Waals surface area (Å²) < 4.78 is 27.0. The molecule has 10 rings (SSSR count). The zero-order chi connectivity index (χ0) is 35.8. The van der Waals surface area contributed by atoms with Gasteiger partial charge in [0.05, 0.1) is 28.1 Å². The molecule has 0 radical (unpaired) electrons. The lowest BCUT2D eigenvalue weighted by molar-refractivity contribution is 0.448. The Kier molecular flexibility index (Phi) is 7.97. The number of ether oxygens (including phenoxy) is 4. The van der Waals surface area contributed by atoms with Gasteiger partial charge in [0.25, 0.3) is 0 Å². The van der Waals surface area contributed by atoms with E-state index in [4.69, 9.17) is 28.9 Å². The minimum absolute atomic E-state index is 0.515. The Bertz CT molecular complexity index is 2470. The van der Waals surface area contributed by atoms with Crippen LogP contribution in [0.1, 0.15) is 24.2 Å². The predicted octanol–water partition coefficient (Wildman–Crippen LogP) is 10.2. The van der Waals surface area contributed by atoms with Gasteiger partial charge in [-0.25, -0.2) is 19.9 Å². The highest BCUT2D eigenvalue weighted by atomic mass is 16.5. The zero-order valence-electron chi connectivity index (χ0n) is 29.3. The van der Waals surface area contributed by atoms with E-state index in [-0.39, 0.29) is 0 Å². The number of benzene rings is 4. The lowest BCUT2D eigenvalue weighted by atomic mass is 10.00. The molecule has 10 heteroatoms. The lowest BCUT2D eigenvalue weighted by Crippen LogP contribution is -2.35. The van der Waals surface area contributed by atoms with Crippen molar-refractivity contribution in [3.05, 3.63) is 145 Å². The van der Waals surface area contributed by atoms with E-state index in [2.05, 4.69) is 43.7 Å². The molecule has 0 saturated heterocycles. The molecule has 0 unspecified atom stereocenters. The van der Waals surface area contributed by atoms with E-state index in [9.17, 15) is 0 Å². The third kappa shape index (κ3) is 6.17. The maximum atomic E-state index is 6.46. The van der Waals surface area contributed by atoms with Crippen LogP contribution >= 0.6 is 0 Å². The van der Waals surface area contributed by atoms with Crippen LogP contribution in [0.5, 0.6) is 46.3 Å². The summed E-state index contributed by atoms with van der Waals surface area (Å²) in [5, 5.41) is 2.11. The van der Waals surface area contributed by atoms with Crippen LogP contribution in [0.3, 0.4) is 0 Å². The number of hydrogen-bond donors (Lipinski definition) is 0.